The van der Waals surface area contributed by atoms with Crippen molar-refractivity contribution < 1.29 is 14.7 Å². The molecule has 0 spiro atoms. The Hall–Kier alpha value is -2.05. The Morgan fingerprint density at radius 2 is 2.16 bits per heavy atom. The molecule has 1 heterocycles. The van der Waals surface area contributed by atoms with Crippen molar-refractivity contribution in [3.8, 4) is 0 Å². The zero-order chi connectivity index (χ0) is 14.4. The summed E-state index contributed by atoms with van der Waals surface area (Å²) in [5.74, 6) is -1.03. The van der Waals surface area contributed by atoms with Gasteiger partial charge >= 0.3 is 12.0 Å². The van der Waals surface area contributed by atoms with Gasteiger partial charge in [0.25, 0.3) is 0 Å². The second-order valence-electron chi connectivity index (χ2n) is 4.25. The molecule has 106 valence electrons. The predicted octanol–water partition coefficient (Wildman–Crippen LogP) is 0.645. The highest BCUT2D eigenvalue weighted by atomic mass is 16.4. The van der Waals surface area contributed by atoms with Crippen LogP contribution in [0.4, 0.5) is 4.79 Å². The van der Waals surface area contributed by atoms with Crippen LogP contribution in [0, 0.1) is 0 Å². The smallest absolute Gasteiger partial charge is 0.326 e. The molecule has 0 radical (unpaired) electrons. The van der Waals surface area contributed by atoms with E-state index in [1.165, 1.54) is 0 Å². The zero-order valence-electron chi connectivity index (χ0n) is 11.4. The van der Waals surface area contributed by atoms with Gasteiger partial charge in [-0.2, -0.15) is 5.10 Å². The van der Waals surface area contributed by atoms with Gasteiger partial charge in [-0.3, -0.25) is 4.68 Å². The third-order valence-electron chi connectivity index (χ3n) is 2.78. The van der Waals surface area contributed by atoms with Gasteiger partial charge in [-0.1, -0.05) is 13.8 Å². The van der Waals surface area contributed by atoms with E-state index in [4.69, 9.17) is 5.11 Å². The van der Waals surface area contributed by atoms with E-state index in [1.54, 1.807) is 11.6 Å². The summed E-state index contributed by atoms with van der Waals surface area (Å²) in [6.07, 6.45) is 2.97. The Labute approximate surface area is 112 Å². The minimum Gasteiger partial charge on any atom is -0.480 e. The minimum atomic E-state index is -1.03. The van der Waals surface area contributed by atoms with Gasteiger partial charge in [-0.15, -0.1) is 0 Å². The van der Waals surface area contributed by atoms with Crippen LogP contribution in [0.25, 0.3) is 0 Å². The van der Waals surface area contributed by atoms with Crippen LogP contribution in [-0.4, -0.2) is 32.9 Å². The standard InChI is InChI=1S/C12H20N4O3/c1-4-9-8(7-16(3)15-9)6-13-12(19)14-10(5-2)11(17)18/h7,10H,4-6H2,1-3H3,(H,17,18)(H2,13,14,19)/t10-/m1/s1. The molecule has 2 amide bonds. The summed E-state index contributed by atoms with van der Waals surface area (Å²) in [6, 6.07) is -1.35. The average Bonchev–Trinajstić information content (AvgIpc) is 2.73. The van der Waals surface area contributed by atoms with Crippen molar-refractivity contribution in [2.75, 3.05) is 0 Å². The van der Waals surface area contributed by atoms with Crippen LogP contribution in [0.2, 0.25) is 0 Å². The molecule has 1 aromatic rings. The summed E-state index contributed by atoms with van der Waals surface area (Å²) < 4.78 is 1.69. The maximum Gasteiger partial charge on any atom is 0.326 e. The number of hydrogen-bond donors (Lipinski definition) is 3. The fourth-order valence-corrected chi connectivity index (χ4v) is 1.75. The molecule has 0 fully saturated rings. The highest BCUT2D eigenvalue weighted by molar-refractivity contribution is 5.82. The highest BCUT2D eigenvalue weighted by Crippen LogP contribution is 2.06. The van der Waals surface area contributed by atoms with Gasteiger partial charge in [-0.05, 0) is 12.8 Å². The van der Waals surface area contributed by atoms with Crippen molar-refractivity contribution in [1.82, 2.24) is 20.4 Å². The molecule has 19 heavy (non-hydrogen) atoms. The van der Waals surface area contributed by atoms with Crippen LogP contribution in [0.5, 0.6) is 0 Å². The SMILES string of the molecule is CCc1nn(C)cc1CNC(=O)N[C@H](CC)C(=O)O. The van der Waals surface area contributed by atoms with E-state index in [1.807, 2.05) is 20.2 Å². The Morgan fingerprint density at radius 3 is 2.68 bits per heavy atom. The second kappa shape index (κ2) is 6.77. The molecule has 0 unspecified atom stereocenters. The molecule has 0 aliphatic heterocycles. The van der Waals surface area contributed by atoms with Crippen LogP contribution < -0.4 is 10.6 Å². The number of aromatic nitrogens is 2. The number of hydrogen-bond acceptors (Lipinski definition) is 3. The Balaban J connectivity index is 2.52. The topological polar surface area (TPSA) is 96.3 Å². The molecule has 7 nitrogen and oxygen atoms in total. The van der Waals surface area contributed by atoms with Crippen molar-refractivity contribution in [3.05, 3.63) is 17.5 Å². The van der Waals surface area contributed by atoms with E-state index in [0.29, 0.717) is 13.0 Å². The number of carbonyl (C=O) groups excluding carboxylic acids is 1. The molecule has 7 heteroatoms. The van der Waals surface area contributed by atoms with Gasteiger partial charge in [0.15, 0.2) is 0 Å². The Morgan fingerprint density at radius 1 is 1.47 bits per heavy atom. The third-order valence-corrected chi connectivity index (χ3v) is 2.78. The summed E-state index contributed by atoms with van der Waals surface area (Å²) in [5.41, 5.74) is 1.86. The maximum absolute atomic E-state index is 11.6. The lowest BCUT2D eigenvalue weighted by Crippen LogP contribution is -2.45. The first-order valence-corrected chi connectivity index (χ1v) is 6.26. The van der Waals surface area contributed by atoms with Crippen molar-refractivity contribution in [3.63, 3.8) is 0 Å². The normalized spacial score (nSPS) is 11.9. The second-order valence-corrected chi connectivity index (χ2v) is 4.25. The Kier molecular flexibility index (Phi) is 5.35. The van der Waals surface area contributed by atoms with Gasteiger partial charge in [0.1, 0.15) is 6.04 Å². The van der Waals surface area contributed by atoms with Crippen LogP contribution in [0.1, 0.15) is 31.5 Å². The molecule has 3 N–H and O–H groups in total. The van der Waals surface area contributed by atoms with Crippen molar-refractivity contribution >= 4 is 12.0 Å². The maximum atomic E-state index is 11.6. The number of urea groups is 1. The van der Waals surface area contributed by atoms with Gasteiger partial charge in [-0.25, -0.2) is 9.59 Å². The molecular formula is C12H20N4O3. The lowest BCUT2D eigenvalue weighted by Gasteiger charge is -2.13. The largest absolute Gasteiger partial charge is 0.480 e. The molecule has 1 aromatic heterocycles. The minimum absolute atomic E-state index is 0.332. The molecular weight excluding hydrogens is 248 g/mol. The van der Waals surface area contributed by atoms with Crippen molar-refractivity contribution in [2.45, 2.75) is 39.3 Å². The van der Waals surface area contributed by atoms with Crippen LogP contribution in [0.15, 0.2) is 6.20 Å². The summed E-state index contributed by atoms with van der Waals surface area (Å²) in [4.78, 5) is 22.4. The predicted molar refractivity (Wildman–Crippen MR) is 69.7 cm³/mol. The molecule has 0 saturated heterocycles. The third kappa shape index (κ3) is 4.27. The number of nitrogens with zero attached hydrogens (tertiary/aromatic N) is 2. The van der Waals surface area contributed by atoms with Crippen molar-refractivity contribution in [1.29, 1.82) is 0 Å². The monoisotopic (exact) mass is 268 g/mol. The fraction of sp³-hybridized carbons (Fsp3) is 0.583. The van der Waals surface area contributed by atoms with E-state index in [0.717, 1.165) is 17.7 Å². The first-order chi connectivity index (χ1) is 8.97. The lowest BCUT2D eigenvalue weighted by molar-refractivity contribution is -0.139. The molecule has 0 aliphatic carbocycles. The summed E-state index contributed by atoms with van der Waals surface area (Å²) >= 11 is 0. The lowest BCUT2D eigenvalue weighted by atomic mass is 10.2. The number of carboxylic acids is 1. The highest BCUT2D eigenvalue weighted by Gasteiger charge is 2.17. The summed E-state index contributed by atoms with van der Waals surface area (Å²) in [6.45, 7) is 4.03. The number of carboxylic acid groups (broad SMARTS) is 1. The number of aliphatic carboxylic acids is 1. The van der Waals surface area contributed by atoms with Crippen LogP contribution in [0.3, 0.4) is 0 Å². The first kappa shape index (κ1) is 15.0. The van der Waals surface area contributed by atoms with Gasteiger partial charge in [0.05, 0.1) is 5.69 Å². The molecule has 0 aromatic carbocycles. The number of carbonyl (C=O) groups is 2. The molecule has 0 saturated carbocycles. The van der Waals surface area contributed by atoms with Gasteiger partial charge in [0, 0.05) is 25.4 Å². The van der Waals surface area contributed by atoms with E-state index >= 15 is 0 Å². The summed E-state index contributed by atoms with van der Waals surface area (Å²) in [5, 5.41) is 18.1. The quantitative estimate of drug-likeness (QED) is 0.705. The van der Waals surface area contributed by atoms with E-state index in [9.17, 15) is 9.59 Å². The van der Waals surface area contributed by atoms with Crippen molar-refractivity contribution in [2.24, 2.45) is 7.05 Å². The first-order valence-electron chi connectivity index (χ1n) is 6.26. The fourth-order valence-electron chi connectivity index (χ4n) is 1.75. The zero-order valence-corrected chi connectivity index (χ0v) is 11.4. The molecule has 1 rings (SSSR count). The molecule has 0 aliphatic rings. The number of nitrogens with one attached hydrogen (secondary N) is 2. The van der Waals surface area contributed by atoms with Gasteiger partial charge < -0.3 is 15.7 Å². The number of aryl methyl sites for hydroxylation is 2. The van der Waals surface area contributed by atoms with Gasteiger partial charge in [0.2, 0.25) is 0 Å². The van der Waals surface area contributed by atoms with E-state index in [-0.39, 0.29) is 0 Å². The number of rotatable bonds is 6. The summed E-state index contributed by atoms with van der Waals surface area (Å²) in [7, 11) is 1.82. The average molecular weight is 268 g/mol. The van der Waals surface area contributed by atoms with Crippen LogP contribution >= 0.6 is 0 Å². The number of amides is 2. The molecule has 1 atom stereocenters. The van der Waals surface area contributed by atoms with Crippen LogP contribution in [-0.2, 0) is 24.8 Å². The Bertz CT molecular complexity index is 456. The van der Waals surface area contributed by atoms with E-state index in [2.05, 4.69) is 15.7 Å². The van der Waals surface area contributed by atoms with E-state index < -0.39 is 18.0 Å². The molecule has 0 bridgehead atoms.